The van der Waals surface area contributed by atoms with Crippen molar-refractivity contribution in [2.45, 2.75) is 479 Å². The molecular weight excluding hydrogens is 1190 g/mol. The summed E-state index contributed by atoms with van der Waals surface area (Å²) in [5.74, 6) is -0.775. The topological polar surface area (TPSA) is 143 Å². The van der Waals surface area contributed by atoms with Crippen LogP contribution < -0.4 is 0 Å². The van der Waals surface area contributed by atoms with Crippen LogP contribution in [-0.4, -0.2) is 60.9 Å². The third kappa shape index (κ3) is 97.4. The normalized spacial score (nSPS) is 11.4. The third-order valence-corrected chi connectivity index (χ3v) is 17.8. The second-order valence-electron chi connectivity index (χ2n) is 27.9. The van der Waals surface area contributed by atoms with Crippen molar-refractivity contribution >= 4 is 29.8 Å². The first-order chi connectivity index (χ1) is 47.0. The van der Waals surface area contributed by atoms with Crippen LogP contribution in [0.3, 0.4) is 0 Å². The molecule has 96 heavy (non-hydrogen) atoms. The van der Waals surface area contributed by atoms with Crippen molar-refractivity contribution in [3.63, 3.8) is 0 Å². The minimum atomic E-state index is -0.378. The summed E-state index contributed by atoms with van der Waals surface area (Å²) in [7, 11) is 0. The summed E-state index contributed by atoms with van der Waals surface area (Å²) in [5, 5.41) is 9.89. The van der Waals surface area contributed by atoms with Gasteiger partial charge in [-0.3, -0.25) is 24.0 Å². The third-order valence-electron chi connectivity index (χ3n) is 17.8. The lowest BCUT2D eigenvalue weighted by Gasteiger charge is -2.07. The van der Waals surface area contributed by atoms with E-state index in [1.807, 2.05) is 0 Å². The Morgan fingerprint density at radius 2 is 0.438 bits per heavy atom. The number of ether oxygens (including phenoxy) is 4. The molecule has 0 spiro atoms. The van der Waals surface area contributed by atoms with Gasteiger partial charge in [0.25, 0.3) is 0 Å². The summed E-state index contributed by atoms with van der Waals surface area (Å²) in [6, 6.07) is 0. The lowest BCUT2D eigenvalue weighted by atomic mass is 10.0. The molecule has 0 radical (unpaired) electrons. The van der Waals surface area contributed by atoms with Crippen molar-refractivity contribution in [3.05, 3.63) is 24.3 Å². The Morgan fingerprint density at radius 1 is 0.240 bits per heavy atom. The SMILES string of the molecule is CCCCCCCC/C=C\CCCCCCCC(=O)OCCCC.CCCCCCCCCCCCCC(=O)OCCCC.CCCCCCCCCCCCCCCCCC(=O)OCCCC.CCCCCC[C@@H](O)C/C=C\CCCCCCCC(=O)OC(=O)CCCCC. The maximum absolute atomic E-state index is 11.6. The predicted molar refractivity (Wildman–Crippen MR) is 414 cm³/mol. The van der Waals surface area contributed by atoms with Gasteiger partial charge in [0, 0.05) is 32.1 Å². The van der Waals surface area contributed by atoms with Gasteiger partial charge in [0.05, 0.1) is 25.9 Å². The van der Waals surface area contributed by atoms with Crippen molar-refractivity contribution in [2.75, 3.05) is 19.8 Å². The Kier molecular flexibility index (Phi) is 95.2. The highest BCUT2D eigenvalue weighted by molar-refractivity contribution is 5.85. The van der Waals surface area contributed by atoms with Crippen LogP contribution in [0.4, 0.5) is 0 Å². The van der Waals surface area contributed by atoms with Gasteiger partial charge in [0.15, 0.2) is 0 Å². The zero-order chi connectivity index (χ0) is 71.2. The van der Waals surface area contributed by atoms with Gasteiger partial charge in [-0.15, -0.1) is 0 Å². The number of allylic oxidation sites excluding steroid dienone is 3. The van der Waals surface area contributed by atoms with E-state index >= 15 is 0 Å². The van der Waals surface area contributed by atoms with Crippen LogP contribution >= 0.6 is 0 Å². The molecule has 0 saturated heterocycles. The van der Waals surface area contributed by atoms with E-state index in [2.05, 4.69) is 79.7 Å². The van der Waals surface area contributed by atoms with Crippen LogP contribution in [0.25, 0.3) is 0 Å². The summed E-state index contributed by atoms with van der Waals surface area (Å²) in [6.07, 6.45) is 84.8. The second kappa shape index (κ2) is 92.0. The van der Waals surface area contributed by atoms with E-state index in [1.165, 1.54) is 244 Å². The van der Waals surface area contributed by atoms with Crippen molar-refractivity contribution in [1.82, 2.24) is 0 Å². The van der Waals surface area contributed by atoms with Crippen LogP contribution in [0, 0.1) is 0 Å². The lowest BCUT2D eigenvalue weighted by Crippen LogP contribution is -2.11. The smallest absolute Gasteiger partial charge is 0.313 e. The molecule has 0 aromatic rings. The van der Waals surface area contributed by atoms with E-state index in [9.17, 15) is 29.1 Å². The number of hydrogen-bond acceptors (Lipinski definition) is 10. The highest BCUT2D eigenvalue weighted by atomic mass is 16.6. The molecule has 1 N–H and O–H groups in total. The first-order valence-electron chi connectivity index (χ1n) is 42.2. The molecule has 1 atom stereocenters. The van der Waals surface area contributed by atoms with E-state index in [-0.39, 0.29) is 36.0 Å². The number of esters is 5. The number of hydrogen-bond donors (Lipinski definition) is 1. The number of rotatable bonds is 71. The van der Waals surface area contributed by atoms with Crippen LogP contribution in [0.1, 0.15) is 473 Å². The van der Waals surface area contributed by atoms with Gasteiger partial charge in [-0.1, -0.05) is 362 Å². The van der Waals surface area contributed by atoms with E-state index in [0.717, 1.165) is 141 Å². The molecule has 0 rings (SSSR count). The maximum atomic E-state index is 11.6. The molecule has 0 unspecified atom stereocenters. The Morgan fingerprint density at radius 3 is 0.708 bits per heavy atom. The molecule has 0 amide bonds. The number of unbranched alkanes of at least 4 members (excludes halogenated alkanes) is 48. The predicted octanol–water partition coefficient (Wildman–Crippen LogP) is 27.6. The van der Waals surface area contributed by atoms with Crippen LogP contribution in [0.2, 0.25) is 0 Å². The number of carbonyl (C=O) groups is 5. The summed E-state index contributed by atoms with van der Waals surface area (Å²) in [6.45, 7) is 19.2. The highest BCUT2D eigenvalue weighted by Crippen LogP contribution is 2.17. The first-order valence-corrected chi connectivity index (χ1v) is 42.2. The number of aliphatic hydroxyl groups excluding tert-OH is 1. The average Bonchev–Trinajstić information content (AvgIpc) is 3.75. The fourth-order valence-electron chi connectivity index (χ4n) is 11.2. The summed E-state index contributed by atoms with van der Waals surface area (Å²) < 4.78 is 20.3. The summed E-state index contributed by atoms with van der Waals surface area (Å²) in [5.41, 5.74) is 0. The lowest BCUT2D eigenvalue weighted by molar-refractivity contribution is -0.160. The maximum Gasteiger partial charge on any atom is 0.313 e. The van der Waals surface area contributed by atoms with Gasteiger partial charge in [0.2, 0.25) is 0 Å². The quantitative estimate of drug-likeness (QED) is 0.0206. The minimum absolute atomic E-state index is 0.00172. The standard InChI is InChI=1S/C24H44O4.C22H44O2.C22H42O2.C18H36O2/c1-3-5-7-15-18-22(25)19-16-12-10-8-9-11-13-17-21-24(27)28-23(26)20-14-6-4-2;2*1-3-5-7-8-9-10-11-12-13-14-15-16-17-18-19-20-22(23)24-21-6-4-2;1-3-5-7-8-9-10-11-12-13-14-15-16-18(19)20-17-6-4-2/h12,16,22,25H,3-11,13-15,17-21H2,1-2H3;3-21H2,1-2H3;12-13H,3-11,14-21H2,1-2H3;3-17H2,1-2H3/b16-12-;;13-12-;/t22-;;;/m1.../s1. The molecule has 0 aliphatic heterocycles. The van der Waals surface area contributed by atoms with Crippen molar-refractivity contribution in [3.8, 4) is 0 Å². The molecule has 10 nitrogen and oxygen atoms in total. The first kappa shape index (κ1) is 99.4. The van der Waals surface area contributed by atoms with Gasteiger partial charge >= 0.3 is 29.8 Å². The second-order valence-corrected chi connectivity index (χ2v) is 27.9. The van der Waals surface area contributed by atoms with Crippen LogP contribution in [0.15, 0.2) is 24.3 Å². The molecule has 0 fully saturated rings. The van der Waals surface area contributed by atoms with Crippen LogP contribution in [0.5, 0.6) is 0 Å². The fourth-order valence-corrected chi connectivity index (χ4v) is 11.2. The molecule has 570 valence electrons. The zero-order valence-corrected chi connectivity index (χ0v) is 65.6. The van der Waals surface area contributed by atoms with E-state index in [0.29, 0.717) is 51.9 Å². The molecule has 0 heterocycles. The van der Waals surface area contributed by atoms with Gasteiger partial charge in [-0.05, 0) is 103 Å². The molecule has 10 heteroatoms. The largest absolute Gasteiger partial charge is 0.466 e. The highest BCUT2D eigenvalue weighted by Gasteiger charge is 2.10. The number of aliphatic hydroxyl groups is 1. The summed E-state index contributed by atoms with van der Waals surface area (Å²) in [4.78, 5) is 57.2. The van der Waals surface area contributed by atoms with E-state index < -0.39 is 0 Å². The molecular formula is C86H166O10. The van der Waals surface area contributed by atoms with Gasteiger partial charge < -0.3 is 24.1 Å². The number of carbonyl (C=O) groups excluding carboxylic acids is 5. The Hall–Kier alpha value is -3.01. The van der Waals surface area contributed by atoms with Crippen molar-refractivity contribution in [1.29, 1.82) is 0 Å². The van der Waals surface area contributed by atoms with E-state index in [1.54, 1.807) is 0 Å². The Labute approximate surface area is 597 Å². The average molecular weight is 1360 g/mol. The molecule has 0 aromatic heterocycles. The monoisotopic (exact) mass is 1360 g/mol. The minimum Gasteiger partial charge on any atom is -0.466 e. The van der Waals surface area contributed by atoms with Gasteiger partial charge in [0.1, 0.15) is 0 Å². The fraction of sp³-hybridized carbons (Fsp3) is 0.895. The molecule has 0 bridgehead atoms. The summed E-state index contributed by atoms with van der Waals surface area (Å²) >= 11 is 0. The van der Waals surface area contributed by atoms with Gasteiger partial charge in [-0.25, -0.2) is 0 Å². The molecule has 0 aromatic carbocycles. The molecule has 0 aliphatic carbocycles. The Bertz CT molecular complexity index is 1590. The van der Waals surface area contributed by atoms with Crippen molar-refractivity contribution < 1.29 is 48.0 Å². The van der Waals surface area contributed by atoms with Gasteiger partial charge in [-0.2, -0.15) is 0 Å². The molecule has 0 aliphatic rings. The van der Waals surface area contributed by atoms with Crippen molar-refractivity contribution in [2.24, 2.45) is 0 Å². The van der Waals surface area contributed by atoms with E-state index in [4.69, 9.17) is 18.9 Å². The zero-order valence-electron chi connectivity index (χ0n) is 65.6. The van der Waals surface area contributed by atoms with Crippen LogP contribution in [-0.2, 0) is 42.9 Å². The Balaban J connectivity index is -0.000000592. The molecule has 0 saturated carbocycles.